The van der Waals surface area contributed by atoms with E-state index in [-0.39, 0.29) is 30.1 Å². The van der Waals surface area contributed by atoms with Gasteiger partial charge in [0.05, 0.1) is 16.7 Å². The van der Waals surface area contributed by atoms with Gasteiger partial charge in [0.15, 0.2) is 6.29 Å². The van der Waals surface area contributed by atoms with E-state index in [4.69, 9.17) is 0 Å². The zero-order valence-corrected chi connectivity index (χ0v) is 15.2. The molecule has 0 saturated carbocycles. The van der Waals surface area contributed by atoms with Gasteiger partial charge in [-0.2, -0.15) is 39.5 Å². The van der Waals surface area contributed by atoms with Gasteiger partial charge in [-0.25, -0.2) is 0 Å². The third kappa shape index (κ3) is 5.45. The van der Waals surface area contributed by atoms with E-state index in [0.29, 0.717) is 24.3 Å². The summed E-state index contributed by atoms with van der Waals surface area (Å²) in [6.45, 7) is 1.00. The normalized spacial score (nSPS) is 12.7. The Morgan fingerprint density at radius 1 is 0.767 bits per heavy atom. The Morgan fingerprint density at radius 2 is 1.27 bits per heavy atom. The predicted octanol–water partition coefficient (Wildman–Crippen LogP) is 6.58. The summed E-state index contributed by atoms with van der Waals surface area (Å²) < 4.78 is 117. The first kappa shape index (κ1) is 23.6. The largest absolute Gasteiger partial charge is 0.416 e. The van der Waals surface area contributed by atoms with Gasteiger partial charge < -0.3 is 4.90 Å². The summed E-state index contributed by atoms with van der Waals surface area (Å²) in [4.78, 5) is 12.5. The number of benzene rings is 2. The van der Waals surface area contributed by atoms with Gasteiger partial charge in [0.2, 0.25) is 0 Å². The zero-order valence-electron chi connectivity index (χ0n) is 15.2. The molecule has 0 radical (unpaired) electrons. The standard InChI is InChI=1S/C19H14F9NO/c1-2-29(16-4-3-13(17(20,21)22)7-12(16)10-30)9-11-5-14(18(23,24)25)8-15(6-11)19(26,27)28/h3-8,10H,2,9H2,1H3. The molecule has 0 spiro atoms. The summed E-state index contributed by atoms with van der Waals surface area (Å²) in [5.41, 5.74) is -4.93. The fraction of sp³-hybridized carbons (Fsp3) is 0.316. The molecule has 0 aliphatic heterocycles. The topological polar surface area (TPSA) is 20.3 Å². The first-order valence-corrected chi connectivity index (χ1v) is 8.36. The van der Waals surface area contributed by atoms with Gasteiger partial charge in [-0.05, 0) is 48.9 Å². The first-order valence-electron chi connectivity index (χ1n) is 8.36. The zero-order chi connectivity index (χ0) is 22.9. The van der Waals surface area contributed by atoms with Gasteiger partial charge in [0.25, 0.3) is 0 Å². The predicted molar refractivity (Wildman–Crippen MR) is 90.0 cm³/mol. The van der Waals surface area contributed by atoms with Crippen LogP contribution < -0.4 is 4.90 Å². The number of aldehydes is 1. The molecular formula is C19H14F9NO. The molecule has 0 saturated heterocycles. The number of alkyl halides is 9. The van der Waals surface area contributed by atoms with Gasteiger partial charge in [-0.3, -0.25) is 4.79 Å². The van der Waals surface area contributed by atoms with Crippen LogP contribution in [-0.2, 0) is 25.1 Å². The highest BCUT2D eigenvalue weighted by molar-refractivity contribution is 5.85. The van der Waals surface area contributed by atoms with Crippen molar-refractivity contribution in [3.8, 4) is 0 Å². The summed E-state index contributed by atoms with van der Waals surface area (Å²) in [6.07, 6.45) is -14.7. The quantitative estimate of drug-likeness (QED) is 0.384. The Balaban J connectivity index is 2.51. The van der Waals surface area contributed by atoms with Gasteiger partial charge in [0, 0.05) is 24.3 Å². The fourth-order valence-corrected chi connectivity index (χ4v) is 2.81. The molecule has 0 amide bonds. The lowest BCUT2D eigenvalue weighted by molar-refractivity contribution is -0.143. The molecule has 2 rings (SSSR count). The van der Waals surface area contributed by atoms with Gasteiger partial charge >= 0.3 is 18.5 Å². The maximum Gasteiger partial charge on any atom is 0.416 e. The molecule has 0 unspecified atom stereocenters. The number of carbonyl (C=O) groups excluding carboxylic acids is 1. The van der Waals surface area contributed by atoms with Crippen LogP contribution in [0.1, 0.15) is 39.5 Å². The van der Waals surface area contributed by atoms with Crippen molar-refractivity contribution in [2.24, 2.45) is 0 Å². The molecule has 0 fully saturated rings. The average molecular weight is 443 g/mol. The summed E-state index contributed by atoms with van der Waals surface area (Å²) in [5, 5.41) is 0. The molecule has 2 aromatic carbocycles. The van der Waals surface area contributed by atoms with E-state index in [1.807, 2.05) is 0 Å². The van der Waals surface area contributed by atoms with E-state index >= 15 is 0 Å². The summed E-state index contributed by atoms with van der Waals surface area (Å²) in [7, 11) is 0. The number of nitrogens with zero attached hydrogens (tertiary/aromatic N) is 1. The lowest BCUT2D eigenvalue weighted by Crippen LogP contribution is -2.24. The van der Waals surface area contributed by atoms with Crippen molar-refractivity contribution in [2.45, 2.75) is 32.0 Å². The van der Waals surface area contributed by atoms with Crippen LogP contribution in [0.2, 0.25) is 0 Å². The van der Waals surface area contributed by atoms with Crippen LogP contribution in [0.25, 0.3) is 0 Å². The molecule has 0 aliphatic carbocycles. The summed E-state index contributed by atoms with van der Waals surface area (Å²) in [5.74, 6) is 0. The van der Waals surface area contributed by atoms with E-state index in [0.717, 1.165) is 6.07 Å². The molecule has 2 aromatic rings. The Morgan fingerprint density at radius 3 is 1.67 bits per heavy atom. The number of halogens is 9. The van der Waals surface area contributed by atoms with Gasteiger partial charge in [-0.15, -0.1) is 0 Å². The Bertz CT molecular complexity index is 881. The van der Waals surface area contributed by atoms with Crippen molar-refractivity contribution < 1.29 is 44.3 Å². The second-order valence-electron chi connectivity index (χ2n) is 6.32. The molecule has 0 N–H and O–H groups in total. The van der Waals surface area contributed by atoms with Crippen LogP contribution in [0, 0.1) is 0 Å². The molecule has 0 aliphatic rings. The monoisotopic (exact) mass is 443 g/mol. The van der Waals surface area contributed by atoms with Crippen LogP contribution in [0.5, 0.6) is 0 Å². The smallest absolute Gasteiger partial charge is 0.367 e. The third-order valence-electron chi connectivity index (χ3n) is 4.23. The van der Waals surface area contributed by atoms with E-state index in [1.165, 1.54) is 11.8 Å². The van der Waals surface area contributed by atoms with E-state index in [9.17, 15) is 44.3 Å². The van der Waals surface area contributed by atoms with Crippen molar-refractivity contribution in [1.82, 2.24) is 0 Å². The molecule has 30 heavy (non-hydrogen) atoms. The molecule has 0 aromatic heterocycles. The Labute approximate surface area is 164 Å². The number of hydrogen-bond acceptors (Lipinski definition) is 2. The van der Waals surface area contributed by atoms with Crippen molar-refractivity contribution >= 4 is 12.0 Å². The summed E-state index contributed by atoms with van der Waals surface area (Å²) >= 11 is 0. The molecular weight excluding hydrogens is 429 g/mol. The fourth-order valence-electron chi connectivity index (χ4n) is 2.81. The van der Waals surface area contributed by atoms with Crippen LogP contribution in [0.15, 0.2) is 36.4 Å². The van der Waals surface area contributed by atoms with Crippen molar-refractivity contribution in [2.75, 3.05) is 11.4 Å². The minimum atomic E-state index is -5.03. The highest BCUT2D eigenvalue weighted by Gasteiger charge is 2.37. The summed E-state index contributed by atoms with van der Waals surface area (Å²) in [6, 6.07) is 3.24. The number of carbonyl (C=O) groups is 1. The second kappa shape index (κ2) is 8.19. The minimum absolute atomic E-state index is 0.00377. The number of rotatable bonds is 5. The van der Waals surface area contributed by atoms with Crippen LogP contribution in [0.4, 0.5) is 45.2 Å². The van der Waals surface area contributed by atoms with Gasteiger partial charge in [0.1, 0.15) is 0 Å². The SMILES string of the molecule is CCN(Cc1cc(C(F)(F)F)cc(C(F)(F)F)c1)c1ccc(C(F)(F)F)cc1C=O. The second-order valence-corrected chi connectivity index (χ2v) is 6.32. The first-order chi connectivity index (χ1) is 13.7. The molecule has 0 bridgehead atoms. The van der Waals surface area contributed by atoms with E-state index < -0.39 is 47.3 Å². The van der Waals surface area contributed by atoms with Crippen LogP contribution in [0.3, 0.4) is 0 Å². The van der Waals surface area contributed by atoms with E-state index in [1.54, 1.807) is 0 Å². The lowest BCUT2D eigenvalue weighted by Gasteiger charge is -2.26. The van der Waals surface area contributed by atoms with E-state index in [2.05, 4.69) is 0 Å². The molecule has 164 valence electrons. The van der Waals surface area contributed by atoms with Crippen molar-refractivity contribution in [3.63, 3.8) is 0 Å². The number of anilines is 1. The molecule has 0 atom stereocenters. The van der Waals surface area contributed by atoms with Crippen molar-refractivity contribution in [3.05, 3.63) is 64.2 Å². The molecule has 11 heteroatoms. The maximum atomic E-state index is 13.0. The molecule has 0 heterocycles. The average Bonchev–Trinajstić information content (AvgIpc) is 2.63. The maximum absolute atomic E-state index is 13.0. The van der Waals surface area contributed by atoms with Crippen LogP contribution >= 0.6 is 0 Å². The molecule has 2 nitrogen and oxygen atoms in total. The van der Waals surface area contributed by atoms with Gasteiger partial charge in [-0.1, -0.05) is 0 Å². The minimum Gasteiger partial charge on any atom is -0.367 e. The van der Waals surface area contributed by atoms with Crippen LogP contribution in [-0.4, -0.2) is 12.8 Å². The lowest BCUT2D eigenvalue weighted by atomic mass is 10.0. The van der Waals surface area contributed by atoms with Crippen molar-refractivity contribution in [1.29, 1.82) is 0 Å². The highest BCUT2D eigenvalue weighted by Crippen LogP contribution is 2.37. The third-order valence-corrected chi connectivity index (χ3v) is 4.23. The Kier molecular flexibility index (Phi) is 6.43. The number of hydrogen-bond donors (Lipinski definition) is 0. The highest BCUT2D eigenvalue weighted by atomic mass is 19.4. The Hall–Kier alpha value is -2.72.